The van der Waals surface area contributed by atoms with Crippen LogP contribution in [0.15, 0.2) is 22.8 Å². The Hall–Kier alpha value is -0.800. The summed E-state index contributed by atoms with van der Waals surface area (Å²) in [6.07, 6.45) is 2.64. The van der Waals surface area contributed by atoms with Crippen molar-refractivity contribution >= 4 is 86.6 Å². The average molecular weight is 742 g/mol. The Morgan fingerprint density at radius 3 is 1.80 bits per heavy atom. The lowest BCUT2D eigenvalue weighted by Gasteiger charge is -2.13. The van der Waals surface area contributed by atoms with Gasteiger partial charge in [0.25, 0.3) is 0 Å². The molecule has 2 aromatic carbocycles. The molecule has 35 heavy (non-hydrogen) atoms. The van der Waals surface area contributed by atoms with Gasteiger partial charge in [-0.1, -0.05) is 55.2 Å². The van der Waals surface area contributed by atoms with Crippen LogP contribution < -0.4 is 5.73 Å². The first-order chi connectivity index (χ1) is 15.2. The van der Waals surface area contributed by atoms with E-state index in [-0.39, 0.29) is 12.9 Å². The highest BCUT2D eigenvalue weighted by molar-refractivity contribution is 9.26. The maximum Gasteiger partial charge on any atom is 0.148 e. The number of alkyl halides is 3. The summed E-state index contributed by atoms with van der Waals surface area (Å²) in [5.74, 6) is 0. The normalized spacial score (nSPS) is 10.2. The minimum Gasteiger partial charge on any atom is -0.412 e. The molecule has 0 spiro atoms. The van der Waals surface area contributed by atoms with Crippen LogP contribution in [0, 0.1) is 55.4 Å². The molecule has 3 aromatic rings. The van der Waals surface area contributed by atoms with E-state index in [2.05, 4.69) is 130 Å². The minimum absolute atomic E-state index is 0. The van der Waals surface area contributed by atoms with E-state index < -0.39 is 3.23 Å². The number of nitrogen functional groups attached to an aromatic ring is 1. The molecule has 3 rings (SSSR count). The number of aldehydes is 1. The van der Waals surface area contributed by atoms with Crippen LogP contribution in [0.1, 0.15) is 51.9 Å². The number of fused-ring (bicyclic) bond motifs is 1. The Labute approximate surface area is 244 Å². The third-order valence-electron chi connectivity index (χ3n) is 6.17. The Kier molecular flexibility index (Phi) is 16.1. The lowest BCUT2D eigenvalue weighted by molar-refractivity contribution is -0.107. The molecule has 0 aliphatic rings. The molecule has 196 valence electrons. The highest BCUT2D eigenvalue weighted by Gasteiger charge is 2.18. The van der Waals surface area contributed by atoms with Crippen LogP contribution >= 0.6 is 63.7 Å². The zero-order valence-electron chi connectivity index (χ0n) is 21.0. The highest BCUT2D eigenvalue weighted by atomic mass is 79.9. The van der Waals surface area contributed by atoms with E-state index in [0.717, 1.165) is 22.0 Å². The van der Waals surface area contributed by atoms with Crippen LogP contribution in [-0.2, 0) is 4.79 Å². The third-order valence-corrected chi connectivity index (χ3v) is 9.93. The number of pyridine rings is 1. The van der Waals surface area contributed by atoms with Gasteiger partial charge in [0, 0.05) is 27.1 Å². The van der Waals surface area contributed by atoms with Crippen molar-refractivity contribution in [1.29, 1.82) is 0 Å². The molecule has 0 amide bonds. The number of halogens is 4. The molecule has 8 heteroatoms. The van der Waals surface area contributed by atoms with Crippen molar-refractivity contribution in [3.63, 3.8) is 0 Å². The van der Waals surface area contributed by atoms with Gasteiger partial charge in [-0.25, -0.2) is 0 Å². The van der Waals surface area contributed by atoms with Crippen LogP contribution in [-0.4, -0.2) is 25.3 Å². The zero-order valence-corrected chi connectivity index (χ0v) is 27.3. The number of carbonyl (C=O) groups excluding carboxylic acids is 1. The molecule has 0 aliphatic heterocycles. The summed E-state index contributed by atoms with van der Waals surface area (Å²) >= 11 is 12.7. The lowest BCUT2D eigenvalue weighted by atomic mass is 9.95. The van der Waals surface area contributed by atoms with E-state index in [9.17, 15) is 4.79 Å². The summed E-state index contributed by atoms with van der Waals surface area (Å²) in [6.45, 7) is 17.1. The topological polar surface area (TPSA) is 87.5 Å². The molecule has 0 atom stereocenters. The van der Waals surface area contributed by atoms with Crippen molar-refractivity contribution in [2.45, 2.75) is 66.1 Å². The van der Waals surface area contributed by atoms with Gasteiger partial charge in [-0.2, -0.15) is 0 Å². The van der Waals surface area contributed by atoms with Gasteiger partial charge >= 0.3 is 0 Å². The number of aryl methyl sites for hydroxylation is 3. The molecular weight excluding hydrogens is 704 g/mol. The van der Waals surface area contributed by atoms with Crippen LogP contribution in [0.5, 0.6) is 0 Å². The van der Waals surface area contributed by atoms with Crippen molar-refractivity contribution in [1.82, 2.24) is 4.98 Å². The van der Waals surface area contributed by atoms with Crippen molar-refractivity contribution in [3.8, 4) is 0 Å². The van der Waals surface area contributed by atoms with Crippen molar-refractivity contribution in [3.05, 3.63) is 67.3 Å². The summed E-state index contributed by atoms with van der Waals surface area (Å²) < 4.78 is 0.487. The number of nitrogens with zero attached hydrogens (tertiary/aromatic N) is 1. The number of hydrogen-bond acceptors (Lipinski definition) is 3. The van der Waals surface area contributed by atoms with Gasteiger partial charge in [0.05, 0.1) is 5.52 Å². The van der Waals surface area contributed by atoms with Crippen LogP contribution in [0.2, 0.25) is 0 Å². The number of rotatable bonds is 2. The van der Waals surface area contributed by atoms with Gasteiger partial charge < -0.3 is 16.0 Å². The summed E-state index contributed by atoms with van der Waals surface area (Å²) in [6, 6.07) is 4.19. The van der Waals surface area contributed by atoms with E-state index in [1.807, 2.05) is 12.3 Å². The third kappa shape index (κ3) is 9.54. The molecule has 0 aliphatic carbocycles. The molecule has 0 unspecified atom stereocenters. The first-order valence-corrected chi connectivity index (χ1v) is 13.9. The summed E-state index contributed by atoms with van der Waals surface area (Å²) in [4.78, 5) is 14.4. The van der Waals surface area contributed by atoms with E-state index in [0.29, 0.717) is 5.33 Å². The van der Waals surface area contributed by atoms with E-state index in [4.69, 9.17) is 5.73 Å². The maximum absolute atomic E-state index is 9.93. The predicted molar refractivity (Wildman–Crippen MR) is 169 cm³/mol. The molecular formula is C27H38Br4N2O2. The Morgan fingerprint density at radius 1 is 0.857 bits per heavy atom. The number of carbonyl (C=O) groups is 1. The molecule has 4 nitrogen and oxygen atoms in total. The maximum atomic E-state index is 9.93. The van der Waals surface area contributed by atoms with Gasteiger partial charge in [-0.3, -0.25) is 4.98 Å². The second kappa shape index (κ2) is 15.5. The first kappa shape index (κ1) is 36.4. The Balaban J connectivity index is 0. The Bertz CT molecular complexity index is 1140. The summed E-state index contributed by atoms with van der Waals surface area (Å²) in [5, 5.41) is 1.83. The van der Waals surface area contributed by atoms with Crippen molar-refractivity contribution in [2.24, 2.45) is 0 Å². The monoisotopic (exact) mass is 738 g/mol. The van der Waals surface area contributed by atoms with E-state index in [1.165, 1.54) is 49.9 Å². The van der Waals surface area contributed by atoms with Crippen LogP contribution in [0.25, 0.3) is 10.9 Å². The summed E-state index contributed by atoms with van der Waals surface area (Å²) in [5.41, 5.74) is 18.4. The minimum atomic E-state index is -0.556. The van der Waals surface area contributed by atoms with Crippen LogP contribution in [0.3, 0.4) is 0 Å². The zero-order chi connectivity index (χ0) is 25.7. The smallest absolute Gasteiger partial charge is 0.148 e. The molecule has 0 radical (unpaired) electrons. The van der Waals surface area contributed by atoms with Gasteiger partial charge in [0.15, 0.2) is 0 Å². The molecule has 0 fully saturated rings. The first-order valence-electron chi connectivity index (χ1n) is 10.4. The predicted octanol–water partition coefficient (Wildman–Crippen LogP) is 8.61. The number of anilines is 1. The fourth-order valence-corrected chi connectivity index (χ4v) is 3.70. The van der Waals surface area contributed by atoms with Crippen molar-refractivity contribution < 1.29 is 10.3 Å². The molecule has 4 N–H and O–H groups in total. The van der Waals surface area contributed by atoms with E-state index in [1.54, 1.807) is 0 Å². The number of nitrogens with two attached hydrogens (primary N) is 1. The Morgan fingerprint density at radius 2 is 1.34 bits per heavy atom. The number of benzene rings is 2. The molecule has 0 bridgehead atoms. The average Bonchev–Trinajstić information content (AvgIpc) is 2.79. The van der Waals surface area contributed by atoms with Gasteiger partial charge in [-0.05, 0) is 128 Å². The van der Waals surface area contributed by atoms with E-state index >= 15 is 0 Å². The van der Waals surface area contributed by atoms with Gasteiger partial charge in [0.2, 0.25) is 0 Å². The fourth-order valence-electron chi connectivity index (χ4n) is 3.24. The molecule has 0 saturated heterocycles. The van der Waals surface area contributed by atoms with Crippen molar-refractivity contribution in [2.75, 3.05) is 11.1 Å². The molecule has 0 saturated carbocycles. The van der Waals surface area contributed by atoms with Crippen LogP contribution in [0.4, 0.5) is 5.69 Å². The van der Waals surface area contributed by atoms with Gasteiger partial charge in [-0.15, -0.1) is 0 Å². The summed E-state index contributed by atoms with van der Waals surface area (Å²) in [7, 11) is 0. The quantitative estimate of drug-likeness (QED) is 0.162. The molecule has 1 heterocycles. The number of hydrogen-bond donors (Lipinski definition) is 1. The SMILES string of the molecule is C.Cc1c(C)c(C)c2ncc(Br)cc2c1C.Cc1cc(N)c(C)c(C)c1C.O.O=CC(Br)(Br)CBr. The number of aromatic nitrogens is 1. The second-order valence-corrected chi connectivity index (χ2v) is 13.6. The second-order valence-electron chi connectivity index (χ2n) is 8.22. The molecule has 1 aromatic heterocycles. The highest BCUT2D eigenvalue weighted by Crippen LogP contribution is 2.29. The largest absolute Gasteiger partial charge is 0.412 e. The van der Waals surface area contributed by atoms with Gasteiger partial charge in [0.1, 0.15) is 9.52 Å². The standard InChI is InChI=1S/C13H14BrN.C10H15N.C3H3Br3O.CH4.H2O/c1-7-8(2)10(4)13-12(9(7)3)5-11(14)6-15-13;1-6-5-10(11)9(4)8(3)7(6)2;4-1-3(5,6)2-7;;/h5-6H,1-4H3;5H,11H2,1-4H3;2H,1H2;1H4;1H2. The fraction of sp³-hybridized carbons (Fsp3) is 0.407. The lowest BCUT2D eigenvalue weighted by Crippen LogP contribution is -2.13.